The molecule has 3 rings (SSSR count). The van der Waals surface area contributed by atoms with Crippen LogP contribution in [0.3, 0.4) is 0 Å². The van der Waals surface area contributed by atoms with E-state index in [2.05, 4.69) is 15.5 Å². The summed E-state index contributed by atoms with van der Waals surface area (Å²) in [5.74, 6) is -0.345. The first-order chi connectivity index (χ1) is 14.6. The zero-order valence-electron chi connectivity index (χ0n) is 15.9. The number of thioether (sulfide) groups is 1. The number of alkyl halides is 3. The van der Waals surface area contributed by atoms with Crippen LogP contribution in [-0.4, -0.2) is 26.4 Å². The molecule has 0 aliphatic carbocycles. The molecule has 0 spiro atoms. The smallest absolute Gasteiger partial charge is 0.416 e. The second kappa shape index (κ2) is 9.56. The first kappa shape index (κ1) is 22.9. The van der Waals surface area contributed by atoms with Gasteiger partial charge in [-0.25, -0.2) is 4.39 Å². The van der Waals surface area contributed by atoms with Crippen molar-refractivity contribution < 1.29 is 27.1 Å². The Morgan fingerprint density at radius 3 is 2.71 bits per heavy atom. The fourth-order valence-corrected chi connectivity index (χ4v) is 3.31. The van der Waals surface area contributed by atoms with Gasteiger partial charge in [-0.3, -0.25) is 4.79 Å². The van der Waals surface area contributed by atoms with Gasteiger partial charge in [-0.15, -0.1) is 10.2 Å². The second-order valence-electron chi connectivity index (χ2n) is 6.24. The number of aromatic nitrogens is 3. The number of rotatable bonds is 7. The van der Waals surface area contributed by atoms with E-state index in [0.717, 1.165) is 23.9 Å². The van der Waals surface area contributed by atoms with E-state index in [4.69, 9.17) is 16.3 Å². The van der Waals surface area contributed by atoms with Crippen LogP contribution >= 0.6 is 23.4 Å². The Morgan fingerprint density at radius 2 is 2.00 bits per heavy atom. The van der Waals surface area contributed by atoms with E-state index in [1.54, 1.807) is 11.6 Å². The highest BCUT2D eigenvalue weighted by Gasteiger charge is 2.30. The van der Waals surface area contributed by atoms with Crippen LogP contribution in [0.4, 0.5) is 23.2 Å². The maximum Gasteiger partial charge on any atom is 0.416 e. The molecule has 1 N–H and O–H groups in total. The number of hydrogen-bond acceptors (Lipinski definition) is 5. The number of hydrogen-bond donors (Lipinski definition) is 1. The van der Waals surface area contributed by atoms with Crippen LogP contribution in [0.1, 0.15) is 11.4 Å². The second-order valence-corrected chi connectivity index (χ2v) is 7.59. The fourth-order valence-electron chi connectivity index (χ4n) is 2.41. The molecule has 1 amide bonds. The van der Waals surface area contributed by atoms with E-state index in [0.29, 0.717) is 16.7 Å². The van der Waals surface area contributed by atoms with Gasteiger partial charge in [0, 0.05) is 18.8 Å². The van der Waals surface area contributed by atoms with Crippen molar-refractivity contribution in [2.24, 2.45) is 7.05 Å². The molecule has 31 heavy (non-hydrogen) atoms. The summed E-state index contributed by atoms with van der Waals surface area (Å²) in [7, 11) is 1.67. The third kappa shape index (κ3) is 6.11. The lowest BCUT2D eigenvalue weighted by Crippen LogP contribution is -2.15. The molecule has 0 aliphatic heterocycles. The van der Waals surface area contributed by atoms with E-state index in [1.807, 2.05) is 0 Å². The maximum atomic E-state index is 13.2. The largest absolute Gasteiger partial charge is 0.486 e. The van der Waals surface area contributed by atoms with Gasteiger partial charge in [0.15, 0.2) is 11.0 Å². The molecule has 1 heterocycles. The topological polar surface area (TPSA) is 69.0 Å². The molecule has 0 aliphatic rings. The lowest BCUT2D eigenvalue weighted by Gasteiger charge is -2.10. The number of anilines is 1. The van der Waals surface area contributed by atoms with E-state index < -0.39 is 23.5 Å². The Balaban J connectivity index is 1.54. The number of carbonyl (C=O) groups excluding carboxylic acids is 1. The molecule has 12 heteroatoms. The van der Waals surface area contributed by atoms with E-state index >= 15 is 0 Å². The minimum atomic E-state index is -4.49. The van der Waals surface area contributed by atoms with Crippen molar-refractivity contribution in [1.29, 1.82) is 0 Å². The van der Waals surface area contributed by atoms with Gasteiger partial charge >= 0.3 is 6.18 Å². The lowest BCUT2D eigenvalue weighted by atomic mass is 10.2. The number of nitrogens with one attached hydrogen (secondary N) is 1. The van der Waals surface area contributed by atoms with Gasteiger partial charge in [0.25, 0.3) is 0 Å². The summed E-state index contributed by atoms with van der Waals surface area (Å²) < 4.78 is 58.6. The van der Waals surface area contributed by atoms with Crippen molar-refractivity contribution in [3.8, 4) is 5.75 Å². The minimum absolute atomic E-state index is 0.0302. The molecule has 0 atom stereocenters. The highest BCUT2D eigenvalue weighted by atomic mass is 35.5. The monoisotopic (exact) mass is 474 g/mol. The van der Waals surface area contributed by atoms with Gasteiger partial charge in [-0.05, 0) is 30.3 Å². The summed E-state index contributed by atoms with van der Waals surface area (Å²) in [6.07, 6.45) is -4.49. The van der Waals surface area contributed by atoms with E-state index in [1.165, 1.54) is 30.3 Å². The normalized spacial score (nSPS) is 11.4. The molecule has 0 bridgehead atoms. The molecular formula is C19H15ClF4N4O2S. The Hall–Kier alpha value is -2.79. The van der Waals surface area contributed by atoms with Gasteiger partial charge in [0.05, 0.1) is 16.3 Å². The van der Waals surface area contributed by atoms with Crippen molar-refractivity contribution in [2.75, 3.05) is 11.1 Å². The fraction of sp³-hybridized carbons (Fsp3) is 0.211. The highest BCUT2D eigenvalue weighted by Crippen LogP contribution is 2.30. The first-order valence-corrected chi connectivity index (χ1v) is 10.1. The van der Waals surface area contributed by atoms with E-state index in [-0.39, 0.29) is 23.1 Å². The Bertz CT molecular complexity index is 1090. The van der Waals surface area contributed by atoms with Gasteiger partial charge in [-0.2, -0.15) is 13.2 Å². The van der Waals surface area contributed by atoms with Crippen LogP contribution in [0.15, 0.2) is 47.6 Å². The molecule has 0 fully saturated rings. The van der Waals surface area contributed by atoms with Crippen LogP contribution in [-0.2, 0) is 24.6 Å². The molecule has 0 saturated heterocycles. The van der Waals surface area contributed by atoms with Crippen LogP contribution in [0.2, 0.25) is 5.02 Å². The van der Waals surface area contributed by atoms with Crippen LogP contribution < -0.4 is 10.1 Å². The predicted molar refractivity (Wildman–Crippen MR) is 108 cm³/mol. The Kier molecular flexibility index (Phi) is 7.06. The quantitative estimate of drug-likeness (QED) is 0.388. The molecule has 0 saturated carbocycles. The van der Waals surface area contributed by atoms with Crippen molar-refractivity contribution in [3.05, 3.63) is 64.7 Å². The number of halogens is 5. The van der Waals surface area contributed by atoms with Crippen molar-refractivity contribution in [2.45, 2.75) is 17.9 Å². The molecule has 6 nitrogen and oxygen atoms in total. The number of nitrogens with zero attached hydrogens (tertiary/aromatic N) is 3. The summed E-state index contributed by atoms with van der Waals surface area (Å²) in [4.78, 5) is 12.1. The third-order valence-electron chi connectivity index (χ3n) is 3.99. The van der Waals surface area contributed by atoms with Crippen LogP contribution in [0.25, 0.3) is 0 Å². The Morgan fingerprint density at radius 1 is 1.23 bits per heavy atom. The van der Waals surface area contributed by atoms with E-state index in [9.17, 15) is 22.4 Å². The molecule has 0 radical (unpaired) electrons. The van der Waals surface area contributed by atoms with Gasteiger partial charge < -0.3 is 14.6 Å². The summed E-state index contributed by atoms with van der Waals surface area (Å²) in [5, 5.41) is 10.7. The first-order valence-electron chi connectivity index (χ1n) is 8.69. The summed E-state index contributed by atoms with van der Waals surface area (Å²) >= 11 is 6.77. The SMILES string of the molecule is Cn1c(COc2ccc(F)c(Cl)c2)nnc1SCC(=O)Nc1cccc(C(F)(F)F)c1. The minimum Gasteiger partial charge on any atom is -0.486 e. The predicted octanol–water partition coefficient (Wildman–Crippen LogP) is 4.94. The molecule has 1 aromatic heterocycles. The summed E-state index contributed by atoms with van der Waals surface area (Å²) in [6.45, 7) is 0.0302. The molecule has 2 aromatic carbocycles. The van der Waals surface area contributed by atoms with Gasteiger partial charge in [-0.1, -0.05) is 29.4 Å². The average Bonchev–Trinajstić information content (AvgIpc) is 3.06. The van der Waals surface area contributed by atoms with Crippen molar-refractivity contribution in [1.82, 2.24) is 14.8 Å². The van der Waals surface area contributed by atoms with Crippen molar-refractivity contribution in [3.63, 3.8) is 0 Å². The Labute approximate surface area is 183 Å². The molecule has 164 valence electrons. The maximum absolute atomic E-state index is 13.2. The summed E-state index contributed by atoms with van der Waals surface area (Å²) in [5.41, 5.74) is -0.802. The van der Waals surface area contributed by atoms with Crippen molar-refractivity contribution >= 4 is 35.0 Å². The average molecular weight is 475 g/mol. The third-order valence-corrected chi connectivity index (χ3v) is 5.30. The number of amides is 1. The van der Waals surface area contributed by atoms with Crippen LogP contribution in [0.5, 0.6) is 5.75 Å². The zero-order chi connectivity index (χ0) is 22.6. The molecule has 3 aromatic rings. The number of carbonyl (C=O) groups is 1. The number of ether oxygens (including phenoxy) is 1. The summed E-state index contributed by atoms with van der Waals surface area (Å²) in [6, 6.07) is 8.31. The zero-order valence-corrected chi connectivity index (χ0v) is 17.5. The van der Waals surface area contributed by atoms with Crippen LogP contribution in [0, 0.1) is 5.82 Å². The number of benzene rings is 2. The standard InChI is InChI=1S/C19H15ClF4N4O2S/c1-28-16(9-30-13-5-6-15(21)14(20)8-13)26-27-18(28)31-10-17(29)25-12-4-2-3-11(7-12)19(22,23)24/h2-8H,9-10H2,1H3,(H,25,29). The molecule has 0 unspecified atom stereocenters. The molecular weight excluding hydrogens is 460 g/mol. The van der Waals surface area contributed by atoms with Gasteiger partial charge in [0.2, 0.25) is 5.91 Å². The highest BCUT2D eigenvalue weighted by molar-refractivity contribution is 7.99. The lowest BCUT2D eigenvalue weighted by molar-refractivity contribution is -0.137. The van der Waals surface area contributed by atoms with Gasteiger partial charge in [0.1, 0.15) is 18.2 Å².